The molecule has 0 fully saturated rings. The molecule has 0 amide bonds. The Labute approximate surface area is 105 Å². The smallest absolute Gasteiger partial charge is 0.406 e. The number of halogens is 3. The molecule has 0 saturated carbocycles. The molecule has 0 saturated heterocycles. The molecule has 0 aliphatic carbocycles. The summed E-state index contributed by atoms with van der Waals surface area (Å²) in [5.74, 6) is -0.183. The summed E-state index contributed by atoms with van der Waals surface area (Å²) in [7, 11) is 0. The van der Waals surface area contributed by atoms with Crippen LogP contribution in [0, 0.1) is 0 Å². The highest BCUT2D eigenvalue weighted by Gasteiger charge is 2.30. The SMILES string of the molecule is CCCCCNCc1ccc(OC(F)(F)F)cc1. The zero-order chi connectivity index (χ0) is 13.4. The second-order valence-corrected chi connectivity index (χ2v) is 4.08. The van der Waals surface area contributed by atoms with Gasteiger partial charge in [0.05, 0.1) is 0 Å². The van der Waals surface area contributed by atoms with Gasteiger partial charge in [-0.2, -0.15) is 0 Å². The van der Waals surface area contributed by atoms with E-state index in [1.807, 2.05) is 0 Å². The molecule has 0 atom stereocenters. The van der Waals surface area contributed by atoms with Gasteiger partial charge in [-0.3, -0.25) is 0 Å². The minimum absolute atomic E-state index is 0.183. The summed E-state index contributed by atoms with van der Waals surface area (Å²) in [6.07, 6.45) is -1.15. The molecular weight excluding hydrogens is 243 g/mol. The third kappa shape index (κ3) is 6.49. The van der Waals surface area contributed by atoms with Crippen LogP contribution in [0.15, 0.2) is 24.3 Å². The van der Waals surface area contributed by atoms with Gasteiger partial charge in [-0.1, -0.05) is 31.9 Å². The Bertz CT molecular complexity index is 335. The second kappa shape index (κ2) is 7.26. The van der Waals surface area contributed by atoms with Gasteiger partial charge in [-0.15, -0.1) is 13.2 Å². The monoisotopic (exact) mass is 261 g/mol. The predicted octanol–water partition coefficient (Wildman–Crippen LogP) is 3.87. The molecule has 0 aliphatic rings. The van der Waals surface area contributed by atoms with Gasteiger partial charge >= 0.3 is 6.36 Å². The number of alkyl halides is 3. The number of ether oxygens (including phenoxy) is 1. The maximum atomic E-state index is 11.9. The van der Waals surface area contributed by atoms with Crippen LogP contribution < -0.4 is 10.1 Å². The van der Waals surface area contributed by atoms with E-state index < -0.39 is 6.36 Å². The van der Waals surface area contributed by atoms with E-state index in [1.54, 1.807) is 12.1 Å². The number of unbranched alkanes of at least 4 members (excludes halogenated alkanes) is 2. The molecule has 0 aliphatic heterocycles. The van der Waals surface area contributed by atoms with Crippen LogP contribution in [0.2, 0.25) is 0 Å². The predicted molar refractivity (Wildman–Crippen MR) is 64.4 cm³/mol. The molecule has 2 nitrogen and oxygen atoms in total. The van der Waals surface area contributed by atoms with Gasteiger partial charge in [0, 0.05) is 6.54 Å². The van der Waals surface area contributed by atoms with Crippen LogP contribution in [0.3, 0.4) is 0 Å². The Morgan fingerprint density at radius 1 is 1.11 bits per heavy atom. The van der Waals surface area contributed by atoms with Crippen LogP contribution in [0.5, 0.6) is 5.75 Å². The molecule has 0 radical (unpaired) electrons. The lowest BCUT2D eigenvalue weighted by atomic mass is 10.2. The van der Waals surface area contributed by atoms with Crippen molar-refractivity contribution < 1.29 is 17.9 Å². The summed E-state index contributed by atoms with van der Waals surface area (Å²) in [4.78, 5) is 0. The Kier molecular flexibility index (Phi) is 5.98. The van der Waals surface area contributed by atoms with Crippen LogP contribution in [0.1, 0.15) is 31.7 Å². The number of hydrogen-bond acceptors (Lipinski definition) is 2. The average molecular weight is 261 g/mol. The van der Waals surface area contributed by atoms with Crippen molar-refractivity contribution in [3.05, 3.63) is 29.8 Å². The molecule has 0 unspecified atom stereocenters. The van der Waals surface area contributed by atoms with Crippen molar-refractivity contribution in [3.8, 4) is 5.75 Å². The molecule has 102 valence electrons. The maximum Gasteiger partial charge on any atom is 0.573 e. The van der Waals surface area contributed by atoms with Crippen molar-refractivity contribution in [1.29, 1.82) is 0 Å². The third-order valence-electron chi connectivity index (χ3n) is 2.44. The highest BCUT2D eigenvalue weighted by Crippen LogP contribution is 2.22. The van der Waals surface area contributed by atoms with Gasteiger partial charge in [0.15, 0.2) is 0 Å². The van der Waals surface area contributed by atoms with Crippen molar-refractivity contribution in [2.75, 3.05) is 6.54 Å². The van der Waals surface area contributed by atoms with Gasteiger partial charge in [-0.25, -0.2) is 0 Å². The normalized spacial score (nSPS) is 11.6. The lowest BCUT2D eigenvalue weighted by Crippen LogP contribution is -2.17. The van der Waals surface area contributed by atoms with Crippen molar-refractivity contribution in [2.24, 2.45) is 0 Å². The minimum Gasteiger partial charge on any atom is -0.406 e. The van der Waals surface area contributed by atoms with E-state index in [1.165, 1.54) is 25.0 Å². The van der Waals surface area contributed by atoms with Crippen LogP contribution in [-0.2, 0) is 6.54 Å². The maximum absolute atomic E-state index is 11.9. The lowest BCUT2D eigenvalue weighted by molar-refractivity contribution is -0.274. The fraction of sp³-hybridized carbons (Fsp3) is 0.538. The Morgan fingerprint density at radius 2 is 1.78 bits per heavy atom. The summed E-state index contributed by atoms with van der Waals surface area (Å²) in [6, 6.07) is 5.93. The molecule has 1 rings (SSSR count). The topological polar surface area (TPSA) is 21.3 Å². The van der Waals surface area contributed by atoms with Crippen molar-refractivity contribution in [1.82, 2.24) is 5.32 Å². The highest BCUT2D eigenvalue weighted by atomic mass is 19.4. The van der Waals surface area contributed by atoms with Gasteiger partial charge < -0.3 is 10.1 Å². The Morgan fingerprint density at radius 3 is 2.33 bits per heavy atom. The first-order valence-electron chi connectivity index (χ1n) is 6.06. The van der Waals surface area contributed by atoms with Crippen molar-refractivity contribution in [3.63, 3.8) is 0 Å². The number of hydrogen-bond donors (Lipinski definition) is 1. The van der Waals surface area contributed by atoms with E-state index in [0.717, 1.165) is 18.5 Å². The van der Waals surface area contributed by atoms with Gasteiger partial charge in [0.25, 0.3) is 0 Å². The van der Waals surface area contributed by atoms with Crippen LogP contribution in [-0.4, -0.2) is 12.9 Å². The summed E-state index contributed by atoms with van der Waals surface area (Å²) in [5, 5.41) is 3.24. The first-order chi connectivity index (χ1) is 8.51. The van der Waals surface area contributed by atoms with Crippen LogP contribution in [0.4, 0.5) is 13.2 Å². The number of benzene rings is 1. The molecule has 0 heterocycles. The molecular formula is C13H18F3NO. The zero-order valence-corrected chi connectivity index (χ0v) is 10.4. The molecule has 5 heteroatoms. The number of nitrogens with one attached hydrogen (secondary N) is 1. The number of rotatable bonds is 7. The second-order valence-electron chi connectivity index (χ2n) is 4.08. The van der Waals surface area contributed by atoms with Gasteiger partial charge in [0.1, 0.15) is 5.75 Å². The van der Waals surface area contributed by atoms with E-state index in [9.17, 15) is 13.2 Å². The largest absolute Gasteiger partial charge is 0.573 e. The Balaban J connectivity index is 2.32. The summed E-state index contributed by atoms with van der Waals surface area (Å²) in [6.45, 7) is 3.73. The van der Waals surface area contributed by atoms with Gasteiger partial charge in [-0.05, 0) is 30.7 Å². The minimum atomic E-state index is -4.63. The highest BCUT2D eigenvalue weighted by molar-refractivity contribution is 5.27. The Hall–Kier alpha value is -1.23. The van der Waals surface area contributed by atoms with Crippen molar-refractivity contribution >= 4 is 0 Å². The van der Waals surface area contributed by atoms with E-state index in [-0.39, 0.29) is 5.75 Å². The average Bonchev–Trinajstić information content (AvgIpc) is 2.29. The van der Waals surface area contributed by atoms with Crippen LogP contribution in [0.25, 0.3) is 0 Å². The zero-order valence-electron chi connectivity index (χ0n) is 10.4. The molecule has 0 aromatic heterocycles. The molecule has 18 heavy (non-hydrogen) atoms. The molecule has 0 spiro atoms. The van der Waals surface area contributed by atoms with E-state index in [0.29, 0.717) is 6.54 Å². The van der Waals surface area contributed by atoms with E-state index in [4.69, 9.17) is 0 Å². The first kappa shape index (κ1) is 14.8. The molecule has 1 aromatic rings. The fourth-order valence-corrected chi connectivity index (χ4v) is 1.54. The standard InChI is InChI=1S/C13H18F3NO/c1-2-3-4-9-17-10-11-5-7-12(8-6-11)18-13(14,15)16/h5-8,17H,2-4,9-10H2,1H3. The van der Waals surface area contributed by atoms with Crippen LogP contribution >= 0.6 is 0 Å². The van der Waals surface area contributed by atoms with Gasteiger partial charge in [0.2, 0.25) is 0 Å². The van der Waals surface area contributed by atoms with E-state index >= 15 is 0 Å². The lowest BCUT2D eigenvalue weighted by Gasteiger charge is -2.09. The quantitative estimate of drug-likeness (QED) is 0.752. The molecule has 1 aromatic carbocycles. The summed E-state index contributed by atoms with van der Waals surface area (Å²) >= 11 is 0. The van der Waals surface area contributed by atoms with E-state index in [2.05, 4.69) is 17.0 Å². The summed E-state index contributed by atoms with van der Waals surface area (Å²) in [5.41, 5.74) is 0.945. The fourth-order valence-electron chi connectivity index (χ4n) is 1.54. The molecule has 0 bridgehead atoms. The van der Waals surface area contributed by atoms with Crippen molar-refractivity contribution in [2.45, 2.75) is 39.1 Å². The first-order valence-corrected chi connectivity index (χ1v) is 6.06. The third-order valence-corrected chi connectivity index (χ3v) is 2.44. The molecule has 1 N–H and O–H groups in total. The summed E-state index contributed by atoms with van der Waals surface area (Å²) < 4.78 is 39.6.